The van der Waals surface area contributed by atoms with Gasteiger partial charge < -0.3 is 9.67 Å². The first kappa shape index (κ1) is 12.7. The molecule has 3 rings (SSSR count). The van der Waals surface area contributed by atoms with Crippen LogP contribution in [-0.4, -0.2) is 15.6 Å². The third-order valence-corrected chi connectivity index (χ3v) is 3.73. The molecule has 1 aliphatic carbocycles. The summed E-state index contributed by atoms with van der Waals surface area (Å²) in [6.07, 6.45) is 10.6. The minimum atomic E-state index is -0.878. The average molecular weight is 267 g/mol. The highest BCUT2D eigenvalue weighted by Crippen LogP contribution is 2.29. The molecule has 1 heterocycles. The molecule has 0 unspecified atom stereocenters. The van der Waals surface area contributed by atoms with E-state index in [1.54, 1.807) is 12.1 Å². The van der Waals surface area contributed by atoms with Crippen molar-refractivity contribution in [2.75, 3.05) is 0 Å². The third-order valence-electron chi connectivity index (χ3n) is 3.73. The largest absolute Gasteiger partial charge is 0.478 e. The molecule has 20 heavy (non-hydrogen) atoms. The van der Waals surface area contributed by atoms with E-state index >= 15 is 0 Å². The van der Waals surface area contributed by atoms with Crippen LogP contribution in [0.1, 0.15) is 41.6 Å². The van der Waals surface area contributed by atoms with Gasteiger partial charge in [-0.2, -0.15) is 0 Å². The smallest absolute Gasteiger partial charge is 0.335 e. The minimum absolute atomic E-state index is 0.345. The SMILES string of the molecule is O=C(O)c1cc(C2=CCCCC2)cc(-n2cccc2)c1. The zero-order chi connectivity index (χ0) is 13.9. The number of nitrogens with zero attached hydrogens (tertiary/aromatic N) is 1. The second kappa shape index (κ2) is 5.37. The maximum atomic E-state index is 11.3. The molecule has 3 heteroatoms. The van der Waals surface area contributed by atoms with Gasteiger partial charge >= 0.3 is 5.97 Å². The Bertz CT molecular complexity index is 654. The van der Waals surface area contributed by atoms with Gasteiger partial charge in [-0.05, 0) is 67.2 Å². The Morgan fingerprint density at radius 3 is 2.55 bits per heavy atom. The molecule has 0 bridgehead atoms. The lowest BCUT2D eigenvalue weighted by Gasteiger charge is -2.15. The number of carboxylic acids is 1. The van der Waals surface area contributed by atoms with Crippen LogP contribution in [-0.2, 0) is 0 Å². The number of benzene rings is 1. The summed E-state index contributed by atoms with van der Waals surface area (Å²) < 4.78 is 1.94. The molecular formula is C17H17NO2. The zero-order valence-corrected chi connectivity index (χ0v) is 11.2. The molecule has 0 spiro atoms. The molecule has 1 aliphatic rings. The van der Waals surface area contributed by atoms with Crippen LogP contribution < -0.4 is 0 Å². The van der Waals surface area contributed by atoms with Crippen LogP contribution in [0.25, 0.3) is 11.3 Å². The van der Waals surface area contributed by atoms with Crippen LogP contribution in [0.4, 0.5) is 0 Å². The summed E-state index contributed by atoms with van der Waals surface area (Å²) in [5.41, 5.74) is 3.55. The molecule has 102 valence electrons. The van der Waals surface area contributed by atoms with E-state index in [0.717, 1.165) is 24.1 Å². The normalized spacial score (nSPS) is 14.9. The van der Waals surface area contributed by atoms with E-state index < -0.39 is 5.97 Å². The van der Waals surface area contributed by atoms with Gasteiger partial charge in [0.05, 0.1) is 5.56 Å². The lowest BCUT2D eigenvalue weighted by molar-refractivity contribution is 0.0697. The first-order valence-corrected chi connectivity index (χ1v) is 6.95. The Morgan fingerprint density at radius 2 is 1.90 bits per heavy atom. The number of hydrogen-bond acceptors (Lipinski definition) is 1. The first-order valence-electron chi connectivity index (χ1n) is 6.95. The summed E-state index contributed by atoms with van der Waals surface area (Å²) in [6, 6.07) is 9.45. The van der Waals surface area contributed by atoms with Gasteiger partial charge in [-0.25, -0.2) is 4.79 Å². The Labute approximate surface area is 118 Å². The summed E-state index contributed by atoms with van der Waals surface area (Å²) in [4.78, 5) is 11.3. The first-order chi connectivity index (χ1) is 9.74. The van der Waals surface area contributed by atoms with E-state index in [1.807, 2.05) is 29.1 Å². The maximum Gasteiger partial charge on any atom is 0.335 e. The lowest BCUT2D eigenvalue weighted by Crippen LogP contribution is -2.02. The summed E-state index contributed by atoms with van der Waals surface area (Å²) in [5, 5.41) is 9.30. The zero-order valence-electron chi connectivity index (χ0n) is 11.2. The van der Waals surface area contributed by atoms with Crippen LogP contribution in [0.15, 0.2) is 48.8 Å². The van der Waals surface area contributed by atoms with Gasteiger partial charge in [0.15, 0.2) is 0 Å². The average Bonchev–Trinajstić information content (AvgIpc) is 3.02. The maximum absolute atomic E-state index is 11.3. The fourth-order valence-electron chi connectivity index (χ4n) is 2.68. The van der Waals surface area contributed by atoms with Gasteiger partial charge in [0.25, 0.3) is 0 Å². The molecule has 0 atom stereocenters. The van der Waals surface area contributed by atoms with E-state index in [1.165, 1.54) is 18.4 Å². The Kier molecular flexibility index (Phi) is 3.42. The lowest BCUT2D eigenvalue weighted by atomic mass is 9.92. The van der Waals surface area contributed by atoms with E-state index in [0.29, 0.717) is 5.56 Å². The Hall–Kier alpha value is -2.29. The quantitative estimate of drug-likeness (QED) is 0.908. The summed E-state index contributed by atoms with van der Waals surface area (Å²) in [5.74, 6) is -0.878. The van der Waals surface area contributed by atoms with Crippen molar-refractivity contribution >= 4 is 11.5 Å². The number of carbonyl (C=O) groups is 1. The van der Waals surface area contributed by atoms with Crippen LogP contribution in [0.2, 0.25) is 0 Å². The molecule has 0 fully saturated rings. The molecule has 0 saturated carbocycles. The van der Waals surface area contributed by atoms with Crippen LogP contribution in [0, 0.1) is 0 Å². The second-order valence-corrected chi connectivity index (χ2v) is 5.14. The highest BCUT2D eigenvalue weighted by atomic mass is 16.4. The molecule has 0 amide bonds. The molecule has 0 aliphatic heterocycles. The fraction of sp³-hybridized carbons (Fsp3) is 0.235. The van der Waals surface area contributed by atoms with E-state index in [9.17, 15) is 9.90 Å². The predicted molar refractivity (Wildman–Crippen MR) is 79.2 cm³/mol. The van der Waals surface area contributed by atoms with Gasteiger partial charge in [-0.1, -0.05) is 6.08 Å². The number of rotatable bonds is 3. The van der Waals surface area contributed by atoms with Crippen LogP contribution in [0.3, 0.4) is 0 Å². The summed E-state index contributed by atoms with van der Waals surface area (Å²) >= 11 is 0. The van der Waals surface area contributed by atoms with Crippen molar-refractivity contribution in [3.63, 3.8) is 0 Å². The summed E-state index contributed by atoms with van der Waals surface area (Å²) in [6.45, 7) is 0. The second-order valence-electron chi connectivity index (χ2n) is 5.14. The highest BCUT2D eigenvalue weighted by molar-refractivity contribution is 5.90. The molecule has 0 saturated heterocycles. The van der Waals surface area contributed by atoms with Crippen molar-refractivity contribution in [2.45, 2.75) is 25.7 Å². The predicted octanol–water partition coefficient (Wildman–Crippen LogP) is 4.13. The van der Waals surface area contributed by atoms with Crippen molar-refractivity contribution in [3.8, 4) is 5.69 Å². The topological polar surface area (TPSA) is 42.2 Å². The molecule has 0 radical (unpaired) electrons. The molecule has 3 nitrogen and oxygen atoms in total. The minimum Gasteiger partial charge on any atom is -0.478 e. The fourth-order valence-corrected chi connectivity index (χ4v) is 2.68. The van der Waals surface area contributed by atoms with Gasteiger partial charge in [0.2, 0.25) is 0 Å². The summed E-state index contributed by atoms with van der Waals surface area (Å²) in [7, 11) is 0. The van der Waals surface area contributed by atoms with Crippen molar-refractivity contribution in [1.82, 2.24) is 4.57 Å². The van der Waals surface area contributed by atoms with Gasteiger partial charge in [-0.3, -0.25) is 0 Å². The Morgan fingerprint density at radius 1 is 1.10 bits per heavy atom. The van der Waals surface area contributed by atoms with Crippen molar-refractivity contribution in [2.24, 2.45) is 0 Å². The van der Waals surface area contributed by atoms with Gasteiger partial charge in [-0.15, -0.1) is 0 Å². The van der Waals surface area contributed by atoms with Gasteiger partial charge in [0.1, 0.15) is 0 Å². The van der Waals surface area contributed by atoms with E-state index in [2.05, 4.69) is 12.1 Å². The number of hydrogen-bond donors (Lipinski definition) is 1. The molecular weight excluding hydrogens is 250 g/mol. The highest BCUT2D eigenvalue weighted by Gasteiger charge is 2.12. The van der Waals surface area contributed by atoms with Crippen LogP contribution in [0.5, 0.6) is 0 Å². The Balaban J connectivity index is 2.09. The van der Waals surface area contributed by atoms with E-state index in [4.69, 9.17) is 0 Å². The van der Waals surface area contributed by atoms with Crippen molar-refractivity contribution in [1.29, 1.82) is 0 Å². The molecule has 1 N–H and O–H groups in total. The molecule has 1 aromatic carbocycles. The van der Waals surface area contributed by atoms with E-state index in [-0.39, 0.29) is 0 Å². The van der Waals surface area contributed by atoms with Crippen molar-refractivity contribution in [3.05, 3.63) is 59.9 Å². The third kappa shape index (κ3) is 2.52. The number of aromatic carboxylic acids is 1. The monoisotopic (exact) mass is 267 g/mol. The standard InChI is InChI=1S/C17H17NO2/c19-17(20)15-10-14(13-6-2-1-3-7-13)11-16(12-15)18-8-4-5-9-18/h4-6,8-12H,1-3,7H2,(H,19,20). The molecule has 2 aromatic rings. The van der Waals surface area contributed by atoms with Crippen LogP contribution >= 0.6 is 0 Å². The number of aromatic nitrogens is 1. The van der Waals surface area contributed by atoms with Crippen molar-refractivity contribution < 1.29 is 9.90 Å². The van der Waals surface area contributed by atoms with Gasteiger partial charge in [0, 0.05) is 18.1 Å². The molecule has 1 aromatic heterocycles. The number of carboxylic acid groups (broad SMARTS) is 1. The number of allylic oxidation sites excluding steroid dienone is 2.